The minimum absolute atomic E-state index is 0.0647. The molecule has 1 fully saturated rings. The largest absolute Gasteiger partial charge is 0.399 e. The van der Waals surface area contributed by atoms with Crippen LogP contribution in [0.25, 0.3) is 0 Å². The van der Waals surface area contributed by atoms with Gasteiger partial charge in [-0.3, -0.25) is 4.79 Å². The third-order valence-corrected chi connectivity index (χ3v) is 3.06. The summed E-state index contributed by atoms with van der Waals surface area (Å²) < 4.78 is 5.40. The van der Waals surface area contributed by atoms with Crippen molar-refractivity contribution in [2.75, 3.05) is 25.4 Å². The lowest BCUT2D eigenvalue weighted by Gasteiger charge is -2.31. The van der Waals surface area contributed by atoms with E-state index in [4.69, 9.17) is 22.1 Å². The Morgan fingerprint density at radius 2 is 2.35 bits per heavy atom. The maximum atomic E-state index is 12.2. The predicted octanol–water partition coefficient (Wildman–Crippen LogP) is 1.78. The quantitative estimate of drug-likeness (QED) is 0.778. The van der Waals surface area contributed by atoms with Gasteiger partial charge < -0.3 is 15.4 Å². The van der Waals surface area contributed by atoms with Crippen molar-refractivity contribution in [2.24, 2.45) is 0 Å². The number of carbonyl (C=O) groups excluding carboxylic acids is 1. The number of rotatable bonds is 1. The van der Waals surface area contributed by atoms with Gasteiger partial charge in [0.2, 0.25) is 0 Å². The number of nitrogens with zero attached hydrogens (tertiary/aromatic N) is 1. The molecule has 92 valence electrons. The Hall–Kier alpha value is -1.26. The summed E-state index contributed by atoms with van der Waals surface area (Å²) in [6.45, 7) is 3.72. The van der Waals surface area contributed by atoms with Gasteiger partial charge in [-0.25, -0.2) is 0 Å². The highest BCUT2D eigenvalue weighted by Gasteiger charge is 2.23. The normalized spacial score (nSPS) is 20.4. The van der Waals surface area contributed by atoms with Gasteiger partial charge in [0.1, 0.15) is 0 Å². The van der Waals surface area contributed by atoms with Crippen LogP contribution in [0.1, 0.15) is 17.3 Å². The summed E-state index contributed by atoms with van der Waals surface area (Å²) in [5.74, 6) is -0.0647. The fourth-order valence-electron chi connectivity index (χ4n) is 1.88. The third kappa shape index (κ3) is 2.70. The number of nitrogens with two attached hydrogens (primary N) is 1. The number of anilines is 1. The molecule has 1 aliphatic rings. The molecule has 17 heavy (non-hydrogen) atoms. The zero-order valence-corrected chi connectivity index (χ0v) is 10.4. The first-order valence-electron chi connectivity index (χ1n) is 5.54. The molecule has 1 atom stereocenters. The topological polar surface area (TPSA) is 55.6 Å². The molecule has 0 radical (unpaired) electrons. The smallest absolute Gasteiger partial charge is 0.255 e. The highest BCUT2D eigenvalue weighted by Crippen LogP contribution is 2.21. The molecule has 0 spiro atoms. The van der Waals surface area contributed by atoms with Crippen LogP contribution in [0.3, 0.4) is 0 Å². The summed E-state index contributed by atoms with van der Waals surface area (Å²) in [5, 5.41) is 0.397. The van der Waals surface area contributed by atoms with Gasteiger partial charge in [0.25, 0.3) is 5.91 Å². The van der Waals surface area contributed by atoms with Crippen molar-refractivity contribution in [3.63, 3.8) is 0 Å². The molecule has 0 aliphatic carbocycles. The number of benzene rings is 1. The number of morpholine rings is 1. The summed E-state index contributed by atoms with van der Waals surface area (Å²) in [6, 6.07) is 4.95. The Morgan fingerprint density at radius 1 is 1.59 bits per heavy atom. The van der Waals surface area contributed by atoms with Gasteiger partial charge in [-0.05, 0) is 25.1 Å². The maximum Gasteiger partial charge on any atom is 0.255 e. The second-order valence-corrected chi connectivity index (χ2v) is 4.58. The van der Waals surface area contributed by atoms with Crippen molar-refractivity contribution in [2.45, 2.75) is 13.0 Å². The molecule has 1 aromatic carbocycles. The van der Waals surface area contributed by atoms with Crippen LogP contribution in [-0.2, 0) is 4.74 Å². The second-order valence-electron chi connectivity index (χ2n) is 4.17. The van der Waals surface area contributed by atoms with E-state index in [0.29, 0.717) is 36.0 Å². The van der Waals surface area contributed by atoms with Gasteiger partial charge in [0.05, 0.1) is 23.3 Å². The summed E-state index contributed by atoms with van der Waals surface area (Å²) in [6.07, 6.45) is 0.0697. The van der Waals surface area contributed by atoms with E-state index in [2.05, 4.69) is 0 Å². The van der Waals surface area contributed by atoms with Gasteiger partial charge in [0.15, 0.2) is 0 Å². The SMILES string of the molecule is CC1CN(C(=O)c2ccc(N)cc2Cl)CCO1. The van der Waals surface area contributed by atoms with Gasteiger partial charge >= 0.3 is 0 Å². The van der Waals surface area contributed by atoms with Gasteiger partial charge in [-0.2, -0.15) is 0 Å². The maximum absolute atomic E-state index is 12.2. The molecule has 1 aromatic rings. The number of amides is 1. The van der Waals surface area contributed by atoms with Crippen LogP contribution in [-0.4, -0.2) is 36.6 Å². The number of hydrogen-bond acceptors (Lipinski definition) is 3. The molecule has 1 aliphatic heterocycles. The number of ether oxygens (including phenoxy) is 1. The van der Waals surface area contributed by atoms with E-state index in [1.165, 1.54) is 0 Å². The van der Waals surface area contributed by atoms with Crippen LogP contribution < -0.4 is 5.73 Å². The number of nitrogen functional groups attached to an aromatic ring is 1. The number of hydrogen-bond donors (Lipinski definition) is 1. The van der Waals surface area contributed by atoms with Crippen molar-refractivity contribution in [1.29, 1.82) is 0 Å². The highest BCUT2D eigenvalue weighted by molar-refractivity contribution is 6.34. The Kier molecular flexibility index (Phi) is 3.54. The molecule has 4 nitrogen and oxygen atoms in total. The van der Waals surface area contributed by atoms with Crippen molar-refractivity contribution in [3.8, 4) is 0 Å². The zero-order valence-electron chi connectivity index (χ0n) is 9.65. The van der Waals surface area contributed by atoms with Crippen molar-refractivity contribution < 1.29 is 9.53 Å². The fourth-order valence-corrected chi connectivity index (χ4v) is 2.15. The van der Waals surface area contributed by atoms with Crippen molar-refractivity contribution in [1.82, 2.24) is 4.90 Å². The van der Waals surface area contributed by atoms with Crippen LogP contribution in [0, 0.1) is 0 Å². The summed E-state index contributed by atoms with van der Waals surface area (Å²) in [4.78, 5) is 14.0. The molecule has 1 saturated heterocycles. The molecular weight excluding hydrogens is 240 g/mol. The molecule has 0 saturated carbocycles. The Morgan fingerprint density at radius 3 is 3.00 bits per heavy atom. The van der Waals surface area contributed by atoms with Crippen LogP contribution in [0.15, 0.2) is 18.2 Å². The Balaban J connectivity index is 2.18. The van der Waals surface area contributed by atoms with E-state index < -0.39 is 0 Å². The van der Waals surface area contributed by atoms with Gasteiger partial charge in [-0.15, -0.1) is 0 Å². The van der Waals surface area contributed by atoms with Crippen LogP contribution in [0.2, 0.25) is 5.02 Å². The average molecular weight is 255 g/mol. The number of carbonyl (C=O) groups is 1. The molecule has 0 bridgehead atoms. The van der Waals surface area contributed by atoms with E-state index in [1.54, 1.807) is 23.1 Å². The van der Waals surface area contributed by atoms with E-state index in [1.807, 2.05) is 6.92 Å². The minimum Gasteiger partial charge on any atom is -0.399 e. The van der Waals surface area contributed by atoms with Gasteiger partial charge in [-0.1, -0.05) is 11.6 Å². The molecule has 1 heterocycles. The van der Waals surface area contributed by atoms with Crippen molar-refractivity contribution in [3.05, 3.63) is 28.8 Å². The summed E-state index contributed by atoms with van der Waals surface area (Å²) in [7, 11) is 0. The third-order valence-electron chi connectivity index (χ3n) is 2.75. The first-order chi connectivity index (χ1) is 8.08. The predicted molar refractivity (Wildman–Crippen MR) is 67.2 cm³/mol. The molecular formula is C12H15ClN2O2. The fraction of sp³-hybridized carbons (Fsp3) is 0.417. The summed E-state index contributed by atoms with van der Waals surface area (Å²) >= 11 is 6.02. The first kappa shape index (κ1) is 12.2. The van der Waals surface area contributed by atoms with Crippen LogP contribution in [0.4, 0.5) is 5.69 Å². The van der Waals surface area contributed by atoms with Crippen LogP contribution >= 0.6 is 11.6 Å². The minimum atomic E-state index is -0.0647. The first-order valence-corrected chi connectivity index (χ1v) is 5.91. The van der Waals surface area contributed by atoms with E-state index >= 15 is 0 Å². The lowest BCUT2D eigenvalue weighted by Crippen LogP contribution is -2.44. The molecule has 2 rings (SSSR count). The van der Waals surface area contributed by atoms with E-state index in [9.17, 15) is 4.79 Å². The lowest BCUT2D eigenvalue weighted by molar-refractivity contribution is -0.0124. The monoisotopic (exact) mass is 254 g/mol. The standard InChI is InChI=1S/C12H15ClN2O2/c1-8-7-15(4-5-17-8)12(16)10-3-2-9(14)6-11(10)13/h2-3,6,8H,4-5,7,14H2,1H3. The number of halogens is 1. The summed E-state index contributed by atoms with van der Waals surface area (Å²) in [5.41, 5.74) is 6.65. The van der Waals surface area contributed by atoms with Crippen molar-refractivity contribution >= 4 is 23.2 Å². The molecule has 0 aromatic heterocycles. The lowest BCUT2D eigenvalue weighted by atomic mass is 10.1. The second kappa shape index (κ2) is 4.94. The Labute approximate surface area is 105 Å². The molecule has 2 N–H and O–H groups in total. The molecule has 1 unspecified atom stereocenters. The highest BCUT2D eigenvalue weighted by atomic mass is 35.5. The molecule has 5 heteroatoms. The average Bonchev–Trinajstić information content (AvgIpc) is 2.28. The Bertz CT molecular complexity index is 437. The van der Waals surface area contributed by atoms with Crippen LogP contribution in [0.5, 0.6) is 0 Å². The van der Waals surface area contributed by atoms with E-state index in [0.717, 1.165) is 0 Å². The molecule has 1 amide bonds. The zero-order chi connectivity index (χ0) is 12.4. The van der Waals surface area contributed by atoms with Gasteiger partial charge in [0, 0.05) is 18.8 Å². The van der Waals surface area contributed by atoms with E-state index in [-0.39, 0.29) is 12.0 Å².